The number of rotatable bonds is 2. The molecule has 0 saturated heterocycles. The summed E-state index contributed by atoms with van der Waals surface area (Å²) in [5.41, 5.74) is 1.18. The van der Waals surface area contributed by atoms with Crippen molar-refractivity contribution < 1.29 is 0 Å². The van der Waals surface area contributed by atoms with Crippen LogP contribution >= 0.6 is 11.6 Å². The first-order valence-corrected chi connectivity index (χ1v) is 7.56. The van der Waals surface area contributed by atoms with Gasteiger partial charge in [0.25, 0.3) is 5.56 Å². The first-order chi connectivity index (χ1) is 9.70. The van der Waals surface area contributed by atoms with Crippen molar-refractivity contribution in [3.63, 3.8) is 0 Å². The van der Waals surface area contributed by atoms with Crippen LogP contribution in [-0.4, -0.2) is 4.57 Å². The molecule has 2 nitrogen and oxygen atoms in total. The minimum Gasteiger partial charge on any atom is -0.288 e. The van der Waals surface area contributed by atoms with Crippen LogP contribution in [0.4, 0.5) is 0 Å². The molecule has 0 aliphatic heterocycles. The lowest BCUT2D eigenvalue weighted by atomic mass is 10.00. The molecular formula is C17H18ClNO. The normalized spacial score (nSPS) is 16.5. The Morgan fingerprint density at radius 3 is 2.70 bits per heavy atom. The number of nitrogens with zero attached hydrogens (tertiary/aromatic N) is 1. The quantitative estimate of drug-likeness (QED) is 0.777. The van der Waals surface area contributed by atoms with Gasteiger partial charge in [-0.1, -0.05) is 30.5 Å². The third-order valence-electron chi connectivity index (χ3n) is 4.12. The lowest BCUT2D eigenvalue weighted by molar-refractivity contribution is 0.676. The van der Waals surface area contributed by atoms with Crippen LogP contribution < -0.4 is 5.56 Å². The van der Waals surface area contributed by atoms with Gasteiger partial charge in [-0.15, -0.1) is 0 Å². The monoisotopic (exact) mass is 287 g/mol. The van der Waals surface area contributed by atoms with Crippen molar-refractivity contribution in [2.45, 2.75) is 38.5 Å². The van der Waals surface area contributed by atoms with Crippen LogP contribution in [-0.2, 0) is 0 Å². The molecule has 2 aromatic rings. The molecule has 1 fully saturated rings. The van der Waals surface area contributed by atoms with E-state index in [0.29, 0.717) is 10.9 Å². The number of hydrogen-bond acceptors (Lipinski definition) is 1. The summed E-state index contributed by atoms with van der Waals surface area (Å²) in [6, 6.07) is 7.62. The van der Waals surface area contributed by atoms with Crippen LogP contribution in [0.3, 0.4) is 0 Å². The number of pyridine rings is 1. The minimum absolute atomic E-state index is 0.0548. The summed E-state index contributed by atoms with van der Waals surface area (Å²) < 4.78 is 1.81. The molecule has 0 unspecified atom stereocenters. The lowest BCUT2D eigenvalue weighted by Gasteiger charge is -2.16. The number of aromatic nitrogens is 1. The van der Waals surface area contributed by atoms with Crippen LogP contribution in [0.15, 0.2) is 35.1 Å². The molecule has 0 spiro atoms. The molecule has 104 valence electrons. The van der Waals surface area contributed by atoms with Crippen LogP contribution in [0.25, 0.3) is 17.0 Å². The zero-order valence-corrected chi connectivity index (χ0v) is 12.4. The highest BCUT2D eigenvalue weighted by Gasteiger charge is 2.21. The van der Waals surface area contributed by atoms with E-state index in [1.807, 2.05) is 35.9 Å². The highest BCUT2D eigenvalue weighted by molar-refractivity contribution is 6.31. The van der Waals surface area contributed by atoms with Crippen molar-refractivity contribution in [1.29, 1.82) is 0 Å². The fraction of sp³-hybridized carbons (Fsp3) is 0.353. The zero-order valence-electron chi connectivity index (χ0n) is 11.6. The molecule has 1 aromatic carbocycles. The van der Waals surface area contributed by atoms with Crippen LogP contribution in [0.5, 0.6) is 0 Å². The maximum absolute atomic E-state index is 12.7. The average Bonchev–Trinajstić information content (AvgIpc) is 2.95. The molecule has 3 rings (SSSR count). The van der Waals surface area contributed by atoms with E-state index in [2.05, 4.69) is 6.07 Å². The third kappa shape index (κ3) is 2.29. The van der Waals surface area contributed by atoms with Crippen molar-refractivity contribution in [2.75, 3.05) is 0 Å². The highest BCUT2D eigenvalue weighted by atomic mass is 35.5. The number of halogens is 1. The van der Waals surface area contributed by atoms with Crippen molar-refractivity contribution in [3.8, 4) is 0 Å². The van der Waals surface area contributed by atoms with Gasteiger partial charge in [-0.2, -0.15) is 0 Å². The van der Waals surface area contributed by atoms with E-state index in [-0.39, 0.29) is 5.56 Å². The Balaban J connectivity index is 2.30. The standard InChI is InChI=1S/C17H18ClNO/c1-2-9-19-16(12-5-3-4-6-12)11-13-10-14(18)7-8-15(13)17(19)20/h2,7-12H,3-6H2,1H3. The maximum atomic E-state index is 12.7. The van der Waals surface area contributed by atoms with Crippen molar-refractivity contribution in [3.05, 3.63) is 51.4 Å². The van der Waals surface area contributed by atoms with Crippen LogP contribution in [0, 0.1) is 0 Å². The fourth-order valence-electron chi connectivity index (χ4n) is 3.16. The van der Waals surface area contributed by atoms with E-state index >= 15 is 0 Å². The predicted molar refractivity (Wildman–Crippen MR) is 85.4 cm³/mol. The Kier molecular flexibility index (Phi) is 3.66. The van der Waals surface area contributed by atoms with E-state index in [1.54, 1.807) is 6.07 Å². The largest absolute Gasteiger partial charge is 0.288 e. The molecule has 1 saturated carbocycles. The predicted octanol–water partition coefficient (Wildman–Crippen LogP) is 4.80. The lowest BCUT2D eigenvalue weighted by Crippen LogP contribution is -2.20. The second kappa shape index (κ2) is 5.45. The van der Waals surface area contributed by atoms with Gasteiger partial charge in [0.2, 0.25) is 0 Å². The summed E-state index contributed by atoms with van der Waals surface area (Å²) in [6.07, 6.45) is 8.64. The summed E-state index contributed by atoms with van der Waals surface area (Å²) >= 11 is 6.06. The Morgan fingerprint density at radius 1 is 1.25 bits per heavy atom. The van der Waals surface area contributed by atoms with Gasteiger partial charge < -0.3 is 0 Å². The number of allylic oxidation sites excluding steroid dienone is 1. The fourth-order valence-corrected chi connectivity index (χ4v) is 3.34. The number of fused-ring (bicyclic) bond motifs is 1. The van der Waals surface area contributed by atoms with Crippen molar-refractivity contribution >= 4 is 28.6 Å². The van der Waals surface area contributed by atoms with Gasteiger partial charge in [-0.3, -0.25) is 9.36 Å². The van der Waals surface area contributed by atoms with E-state index < -0.39 is 0 Å². The Bertz CT molecular complexity index is 724. The molecule has 3 heteroatoms. The first kappa shape index (κ1) is 13.4. The molecule has 1 aromatic heterocycles. The minimum atomic E-state index is 0.0548. The topological polar surface area (TPSA) is 22.0 Å². The van der Waals surface area contributed by atoms with Gasteiger partial charge in [0.15, 0.2) is 0 Å². The molecule has 0 atom stereocenters. The summed E-state index contributed by atoms with van der Waals surface area (Å²) in [7, 11) is 0. The molecule has 0 N–H and O–H groups in total. The van der Waals surface area contributed by atoms with Crippen molar-refractivity contribution in [1.82, 2.24) is 4.57 Å². The average molecular weight is 288 g/mol. The molecule has 0 amide bonds. The highest BCUT2D eigenvalue weighted by Crippen LogP contribution is 2.34. The van der Waals surface area contributed by atoms with E-state index in [4.69, 9.17) is 11.6 Å². The molecule has 0 radical (unpaired) electrons. The smallest absolute Gasteiger partial charge is 0.262 e. The third-order valence-corrected chi connectivity index (χ3v) is 4.35. The Labute approximate surface area is 123 Å². The van der Waals surface area contributed by atoms with E-state index in [0.717, 1.165) is 16.5 Å². The van der Waals surface area contributed by atoms with Crippen molar-refractivity contribution in [2.24, 2.45) is 0 Å². The Hall–Kier alpha value is -1.54. The van der Waals surface area contributed by atoms with Gasteiger partial charge in [-0.05, 0) is 55.3 Å². The molecule has 0 bridgehead atoms. The van der Waals surface area contributed by atoms with Gasteiger partial charge in [0.1, 0.15) is 0 Å². The molecule has 20 heavy (non-hydrogen) atoms. The number of benzene rings is 1. The summed E-state index contributed by atoms with van der Waals surface area (Å²) in [5, 5.41) is 2.36. The van der Waals surface area contributed by atoms with Gasteiger partial charge in [-0.25, -0.2) is 0 Å². The van der Waals surface area contributed by atoms with Crippen LogP contribution in [0.2, 0.25) is 5.02 Å². The van der Waals surface area contributed by atoms with Gasteiger partial charge in [0.05, 0.1) is 0 Å². The first-order valence-electron chi connectivity index (χ1n) is 7.18. The summed E-state index contributed by atoms with van der Waals surface area (Å²) in [6.45, 7) is 1.94. The molecular weight excluding hydrogens is 270 g/mol. The zero-order chi connectivity index (χ0) is 14.1. The number of hydrogen-bond donors (Lipinski definition) is 0. The van der Waals surface area contributed by atoms with E-state index in [1.165, 1.54) is 25.7 Å². The Morgan fingerprint density at radius 2 is 2.00 bits per heavy atom. The maximum Gasteiger partial charge on any atom is 0.262 e. The summed E-state index contributed by atoms with van der Waals surface area (Å²) in [4.78, 5) is 12.7. The molecule has 1 aliphatic carbocycles. The molecule has 1 aliphatic rings. The molecule has 1 heterocycles. The van der Waals surface area contributed by atoms with Gasteiger partial charge in [0, 0.05) is 22.3 Å². The van der Waals surface area contributed by atoms with E-state index in [9.17, 15) is 4.79 Å². The SMILES string of the molecule is CC=Cn1c(C2CCCC2)cc2cc(Cl)ccc2c1=O. The van der Waals surface area contributed by atoms with Gasteiger partial charge >= 0.3 is 0 Å². The second-order valence-corrected chi connectivity index (χ2v) is 5.88. The summed E-state index contributed by atoms with van der Waals surface area (Å²) in [5.74, 6) is 0.488. The second-order valence-electron chi connectivity index (χ2n) is 5.44. The van der Waals surface area contributed by atoms with Crippen LogP contribution in [0.1, 0.15) is 44.2 Å².